The molecule has 2 unspecified atom stereocenters. The molecule has 3 nitrogen and oxygen atoms in total. The molecule has 0 radical (unpaired) electrons. The molecule has 2 fully saturated rings. The van der Waals surface area contributed by atoms with E-state index in [-0.39, 0.29) is 5.54 Å². The van der Waals surface area contributed by atoms with Crippen LogP contribution in [0.25, 0.3) is 0 Å². The summed E-state index contributed by atoms with van der Waals surface area (Å²) in [5.41, 5.74) is 6.93. The Morgan fingerprint density at radius 2 is 2.00 bits per heavy atom. The summed E-state index contributed by atoms with van der Waals surface area (Å²) in [4.78, 5) is 2.63. The molecule has 1 aliphatic carbocycles. The monoisotopic (exact) mass is 254 g/mol. The van der Waals surface area contributed by atoms with Crippen LogP contribution in [-0.2, 0) is 4.74 Å². The summed E-state index contributed by atoms with van der Waals surface area (Å²) in [6.45, 7) is 10.8. The molecule has 1 saturated carbocycles. The Bertz CT molecular complexity index is 280. The van der Waals surface area contributed by atoms with Gasteiger partial charge in [-0.05, 0) is 38.0 Å². The summed E-state index contributed by atoms with van der Waals surface area (Å²) in [7, 11) is 0. The molecule has 0 aromatic heterocycles. The molecule has 0 bridgehead atoms. The van der Waals surface area contributed by atoms with Gasteiger partial charge in [0.15, 0.2) is 0 Å². The van der Waals surface area contributed by atoms with E-state index in [1.54, 1.807) is 0 Å². The molecule has 0 aromatic carbocycles. The maximum absolute atomic E-state index is 6.19. The Morgan fingerprint density at radius 3 is 2.67 bits per heavy atom. The van der Waals surface area contributed by atoms with Crippen molar-refractivity contribution in [1.82, 2.24) is 4.90 Å². The first-order valence-corrected chi connectivity index (χ1v) is 7.54. The van der Waals surface area contributed by atoms with Crippen molar-refractivity contribution in [1.29, 1.82) is 0 Å². The first kappa shape index (κ1) is 14.3. The third-order valence-electron chi connectivity index (χ3n) is 5.05. The molecule has 0 amide bonds. The normalized spacial score (nSPS) is 38.3. The highest BCUT2D eigenvalue weighted by Gasteiger charge is 2.40. The zero-order valence-corrected chi connectivity index (χ0v) is 12.4. The Hall–Kier alpha value is -0.120. The molecule has 2 N–H and O–H groups in total. The van der Waals surface area contributed by atoms with Crippen LogP contribution in [0.15, 0.2) is 0 Å². The van der Waals surface area contributed by atoms with Gasteiger partial charge in [-0.1, -0.05) is 20.3 Å². The van der Waals surface area contributed by atoms with E-state index >= 15 is 0 Å². The molecule has 0 aromatic rings. The lowest BCUT2D eigenvalue weighted by atomic mass is 9.82. The first-order valence-electron chi connectivity index (χ1n) is 7.54. The molecule has 3 heteroatoms. The fourth-order valence-electron chi connectivity index (χ4n) is 3.62. The molecule has 2 aliphatic rings. The predicted octanol–water partition coefficient (Wildman–Crippen LogP) is 2.39. The van der Waals surface area contributed by atoms with Gasteiger partial charge in [0.05, 0.1) is 12.7 Å². The lowest BCUT2D eigenvalue weighted by molar-refractivity contribution is -0.0653. The second-order valence-corrected chi connectivity index (χ2v) is 7.07. The minimum atomic E-state index is 0.242. The van der Waals surface area contributed by atoms with Crippen molar-refractivity contribution in [2.75, 3.05) is 26.2 Å². The number of hydrogen-bond acceptors (Lipinski definition) is 3. The van der Waals surface area contributed by atoms with E-state index in [1.807, 2.05) is 0 Å². The van der Waals surface area contributed by atoms with Gasteiger partial charge < -0.3 is 10.5 Å². The Labute approximate surface area is 112 Å². The number of ether oxygens (including phenoxy) is 1. The fraction of sp³-hybridized carbons (Fsp3) is 1.00. The maximum atomic E-state index is 6.19. The van der Waals surface area contributed by atoms with Crippen LogP contribution in [-0.4, -0.2) is 42.8 Å². The zero-order chi connectivity index (χ0) is 13.2. The van der Waals surface area contributed by atoms with Gasteiger partial charge in [-0.25, -0.2) is 0 Å². The van der Waals surface area contributed by atoms with Crippen LogP contribution in [0, 0.1) is 5.41 Å². The van der Waals surface area contributed by atoms with E-state index in [4.69, 9.17) is 10.5 Å². The van der Waals surface area contributed by atoms with Crippen LogP contribution >= 0.6 is 0 Å². The molecule has 1 saturated heterocycles. The lowest BCUT2D eigenvalue weighted by Gasteiger charge is -2.46. The van der Waals surface area contributed by atoms with Crippen molar-refractivity contribution < 1.29 is 4.74 Å². The fourth-order valence-corrected chi connectivity index (χ4v) is 3.62. The predicted molar refractivity (Wildman–Crippen MR) is 75.6 cm³/mol. The van der Waals surface area contributed by atoms with Crippen LogP contribution < -0.4 is 5.73 Å². The van der Waals surface area contributed by atoms with Gasteiger partial charge >= 0.3 is 0 Å². The smallest absolute Gasteiger partial charge is 0.0674 e. The van der Waals surface area contributed by atoms with Crippen molar-refractivity contribution in [3.63, 3.8) is 0 Å². The van der Waals surface area contributed by atoms with Gasteiger partial charge in [0.25, 0.3) is 0 Å². The number of hydrogen-bond donors (Lipinski definition) is 1. The highest BCUT2D eigenvalue weighted by molar-refractivity contribution is 4.97. The van der Waals surface area contributed by atoms with E-state index in [1.165, 1.54) is 32.1 Å². The Balaban J connectivity index is 2.09. The van der Waals surface area contributed by atoms with Crippen molar-refractivity contribution in [2.45, 2.75) is 64.5 Å². The maximum Gasteiger partial charge on any atom is 0.0674 e. The van der Waals surface area contributed by atoms with E-state index in [0.717, 1.165) is 26.2 Å². The SMILES string of the molecule is CC1CN(C2(CN)CCCC(C)(C)CC2)CCO1. The summed E-state index contributed by atoms with van der Waals surface area (Å²) in [5.74, 6) is 0. The van der Waals surface area contributed by atoms with Crippen LogP contribution in [0.2, 0.25) is 0 Å². The van der Waals surface area contributed by atoms with Crippen molar-refractivity contribution in [3.8, 4) is 0 Å². The number of morpholine rings is 1. The van der Waals surface area contributed by atoms with Crippen LogP contribution in [0.1, 0.15) is 52.9 Å². The molecule has 1 heterocycles. The minimum Gasteiger partial charge on any atom is -0.376 e. The molecular weight excluding hydrogens is 224 g/mol. The topological polar surface area (TPSA) is 38.5 Å². The summed E-state index contributed by atoms with van der Waals surface area (Å²) in [6, 6.07) is 0. The summed E-state index contributed by atoms with van der Waals surface area (Å²) >= 11 is 0. The summed E-state index contributed by atoms with van der Waals surface area (Å²) < 4.78 is 5.68. The molecule has 1 aliphatic heterocycles. The van der Waals surface area contributed by atoms with Gasteiger partial charge in [-0.15, -0.1) is 0 Å². The molecular formula is C15H30N2O. The molecule has 2 rings (SSSR count). The van der Waals surface area contributed by atoms with Gasteiger partial charge in [0, 0.05) is 25.2 Å². The molecule has 18 heavy (non-hydrogen) atoms. The summed E-state index contributed by atoms with van der Waals surface area (Å²) in [6.07, 6.45) is 6.84. The Morgan fingerprint density at radius 1 is 1.22 bits per heavy atom. The molecule has 2 atom stereocenters. The van der Waals surface area contributed by atoms with Gasteiger partial charge in [0.2, 0.25) is 0 Å². The van der Waals surface area contributed by atoms with Gasteiger partial charge in [0.1, 0.15) is 0 Å². The van der Waals surface area contributed by atoms with Crippen LogP contribution in [0.3, 0.4) is 0 Å². The molecule has 106 valence electrons. The second-order valence-electron chi connectivity index (χ2n) is 7.07. The average Bonchev–Trinajstić information content (AvgIpc) is 2.49. The quantitative estimate of drug-likeness (QED) is 0.769. The van der Waals surface area contributed by atoms with E-state index in [0.29, 0.717) is 11.5 Å². The second kappa shape index (κ2) is 5.48. The Kier molecular flexibility index (Phi) is 4.35. The highest BCUT2D eigenvalue weighted by Crippen LogP contribution is 2.40. The largest absolute Gasteiger partial charge is 0.376 e. The van der Waals surface area contributed by atoms with Gasteiger partial charge in [-0.3, -0.25) is 4.90 Å². The van der Waals surface area contributed by atoms with Crippen molar-refractivity contribution in [3.05, 3.63) is 0 Å². The average molecular weight is 254 g/mol. The zero-order valence-electron chi connectivity index (χ0n) is 12.4. The number of nitrogens with zero attached hydrogens (tertiary/aromatic N) is 1. The summed E-state index contributed by atoms with van der Waals surface area (Å²) in [5, 5.41) is 0. The van der Waals surface area contributed by atoms with Crippen LogP contribution in [0.4, 0.5) is 0 Å². The first-order chi connectivity index (χ1) is 8.47. The third-order valence-corrected chi connectivity index (χ3v) is 5.05. The van der Waals surface area contributed by atoms with Crippen LogP contribution in [0.5, 0.6) is 0 Å². The van der Waals surface area contributed by atoms with E-state index in [2.05, 4.69) is 25.7 Å². The minimum absolute atomic E-state index is 0.242. The lowest BCUT2D eigenvalue weighted by Crippen LogP contribution is -2.58. The third kappa shape index (κ3) is 3.06. The van der Waals surface area contributed by atoms with Crippen molar-refractivity contribution >= 4 is 0 Å². The standard InChI is InChI=1S/C15H30N2O/c1-13-11-17(9-10-18-13)15(12-16)6-4-5-14(2,3)7-8-15/h13H,4-12,16H2,1-3H3. The molecule has 0 spiro atoms. The van der Waals surface area contributed by atoms with Crippen molar-refractivity contribution in [2.24, 2.45) is 11.1 Å². The number of rotatable bonds is 2. The number of nitrogens with two attached hydrogens (primary N) is 1. The highest BCUT2D eigenvalue weighted by atomic mass is 16.5. The van der Waals surface area contributed by atoms with Gasteiger partial charge in [-0.2, -0.15) is 0 Å². The van der Waals surface area contributed by atoms with E-state index < -0.39 is 0 Å². The van der Waals surface area contributed by atoms with E-state index in [9.17, 15) is 0 Å².